The number of benzene rings is 1. The van der Waals surface area contributed by atoms with Crippen LogP contribution in [0.5, 0.6) is 0 Å². The van der Waals surface area contributed by atoms with Gasteiger partial charge in [0.25, 0.3) is 11.5 Å². The summed E-state index contributed by atoms with van der Waals surface area (Å²) in [5.74, 6) is -1.43. The summed E-state index contributed by atoms with van der Waals surface area (Å²) in [4.78, 5) is 35.4. The van der Waals surface area contributed by atoms with E-state index in [-0.39, 0.29) is 11.1 Å². The van der Waals surface area contributed by atoms with Crippen LogP contribution in [0, 0.1) is 0 Å². The molecule has 1 aromatic heterocycles. The van der Waals surface area contributed by atoms with Crippen LogP contribution in [0.25, 0.3) is 0 Å². The molecular weight excluding hydrogens is 322 g/mol. The summed E-state index contributed by atoms with van der Waals surface area (Å²) in [6.07, 6.45) is 1.64. The quantitative estimate of drug-likeness (QED) is 0.706. The van der Waals surface area contributed by atoms with E-state index in [4.69, 9.17) is 5.11 Å². The van der Waals surface area contributed by atoms with E-state index < -0.39 is 17.4 Å². The molecule has 1 aromatic carbocycles. The molecule has 0 saturated carbocycles. The van der Waals surface area contributed by atoms with Gasteiger partial charge in [-0.15, -0.1) is 0 Å². The topological polar surface area (TPSA) is 112 Å². The van der Waals surface area contributed by atoms with Gasteiger partial charge in [-0.25, -0.2) is 9.89 Å². The van der Waals surface area contributed by atoms with E-state index in [1.54, 1.807) is 18.2 Å². The Balaban J connectivity index is 2.10. The fourth-order valence-corrected chi connectivity index (χ4v) is 2.71. The number of hydrogen-bond donors (Lipinski definition) is 3. The maximum Gasteiger partial charge on any atom is 0.335 e. The standard InChI is InChI=1S/C18H21N3O4/c1-3-13-14(4-2)20-21-17(23)15(13)16(22)19-9-8-11-6-5-7-12(10-11)18(24)25/h5-7,10H,3-4,8-9H2,1-2H3,(H,19,22)(H,21,23)(H,24,25). The minimum atomic E-state index is -0.992. The Kier molecular flexibility index (Phi) is 6.05. The molecule has 2 aromatic rings. The highest BCUT2D eigenvalue weighted by Gasteiger charge is 2.18. The second-order valence-corrected chi connectivity index (χ2v) is 5.57. The number of amides is 1. The third kappa shape index (κ3) is 4.32. The van der Waals surface area contributed by atoms with Crippen LogP contribution in [-0.2, 0) is 19.3 Å². The minimum Gasteiger partial charge on any atom is -0.478 e. The highest BCUT2D eigenvalue weighted by atomic mass is 16.4. The van der Waals surface area contributed by atoms with Gasteiger partial charge in [0, 0.05) is 6.54 Å². The first-order valence-electron chi connectivity index (χ1n) is 8.18. The molecule has 25 heavy (non-hydrogen) atoms. The van der Waals surface area contributed by atoms with Crippen LogP contribution >= 0.6 is 0 Å². The van der Waals surface area contributed by atoms with E-state index in [1.165, 1.54) is 6.07 Å². The summed E-state index contributed by atoms with van der Waals surface area (Å²) in [7, 11) is 0. The van der Waals surface area contributed by atoms with Gasteiger partial charge in [0.2, 0.25) is 0 Å². The zero-order valence-electron chi connectivity index (χ0n) is 14.3. The molecule has 1 heterocycles. The van der Waals surface area contributed by atoms with Crippen LogP contribution in [0.15, 0.2) is 29.1 Å². The molecule has 7 heteroatoms. The Bertz CT molecular complexity index is 842. The maximum atomic E-state index is 12.4. The van der Waals surface area contributed by atoms with Crippen LogP contribution < -0.4 is 10.9 Å². The van der Waals surface area contributed by atoms with E-state index in [0.717, 1.165) is 5.56 Å². The SMILES string of the molecule is CCc1n[nH]c(=O)c(C(=O)NCCc2cccc(C(=O)O)c2)c1CC. The fourth-order valence-electron chi connectivity index (χ4n) is 2.71. The molecule has 132 valence electrons. The van der Waals surface area contributed by atoms with Gasteiger partial charge >= 0.3 is 5.97 Å². The zero-order valence-corrected chi connectivity index (χ0v) is 14.3. The Morgan fingerprint density at radius 2 is 2.00 bits per heavy atom. The summed E-state index contributed by atoms with van der Waals surface area (Å²) < 4.78 is 0. The molecule has 2 rings (SSSR count). The Labute approximate surface area is 145 Å². The lowest BCUT2D eigenvalue weighted by Gasteiger charge is -2.11. The number of hydrogen-bond acceptors (Lipinski definition) is 4. The van der Waals surface area contributed by atoms with Crippen molar-refractivity contribution >= 4 is 11.9 Å². The Hall–Kier alpha value is -2.96. The van der Waals surface area contributed by atoms with Gasteiger partial charge in [-0.1, -0.05) is 26.0 Å². The first-order chi connectivity index (χ1) is 12.0. The number of nitrogens with one attached hydrogen (secondary N) is 2. The molecule has 0 bridgehead atoms. The number of aromatic nitrogens is 2. The molecule has 0 aliphatic heterocycles. The molecule has 0 aliphatic carbocycles. The van der Waals surface area contributed by atoms with Gasteiger partial charge < -0.3 is 10.4 Å². The highest BCUT2D eigenvalue weighted by Crippen LogP contribution is 2.10. The van der Waals surface area contributed by atoms with Crippen molar-refractivity contribution in [3.63, 3.8) is 0 Å². The second kappa shape index (κ2) is 8.23. The smallest absolute Gasteiger partial charge is 0.335 e. The average molecular weight is 343 g/mol. The summed E-state index contributed by atoms with van der Waals surface area (Å²) in [6, 6.07) is 6.54. The van der Waals surface area contributed by atoms with Crippen LogP contribution in [-0.4, -0.2) is 33.7 Å². The summed E-state index contributed by atoms with van der Waals surface area (Å²) in [5.41, 5.74) is 1.98. The molecule has 0 saturated heterocycles. The van der Waals surface area contributed by atoms with Gasteiger partial charge in [-0.3, -0.25) is 9.59 Å². The van der Waals surface area contributed by atoms with Crippen molar-refractivity contribution in [2.75, 3.05) is 6.54 Å². The van der Waals surface area contributed by atoms with Crippen molar-refractivity contribution in [3.05, 3.63) is 62.6 Å². The predicted molar refractivity (Wildman–Crippen MR) is 93.1 cm³/mol. The average Bonchev–Trinajstić information content (AvgIpc) is 2.61. The predicted octanol–water partition coefficient (Wildman–Crippen LogP) is 1.57. The normalized spacial score (nSPS) is 10.5. The third-order valence-electron chi connectivity index (χ3n) is 3.96. The van der Waals surface area contributed by atoms with Crippen molar-refractivity contribution in [2.24, 2.45) is 0 Å². The molecule has 7 nitrogen and oxygen atoms in total. The molecule has 0 radical (unpaired) electrons. The lowest BCUT2D eigenvalue weighted by Crippen LogP contribution is -2.33. The number of aromatic amines is 1. The Morgan fingerprint density at radius 3 is 2.64 bits per heavy atom. The summed E-state index contributed by atoms with van der Waals surface area (Å²) in [5, 5.41) is 18.1. The van der Waals surface area contributed by atoms with Crippen LogP contribution in [0.3, 0.4) is 0 Å². The number of H-pyrrole nitrogens is 1. The number of carboxylic acid groups (broad SMARTS) is 1. The number of carbonyl (C=O) groups excluding carboxylic acids is 1. The summed E-state index contributed by atoms with van der Waals surface area (Å²) >= 11 is 0. The van der Waals surface area contributed by atoms with Gasteiger partial charge in [-0.2, -0.15) is 5.10 Å². The summed E-state index contributed by atoms with van der Waals surface area (Å²) in [6.45, 7) is 4.09. The molecule has 0 aliphatic rings. The molecule has 0 unspecified atom stereocenters. The molecule has 0 fully saturated rings. The molecule has 3 N–H and O–H groups in total. The van der Waals surface area contributed by atoms with Crippen molar-refractivity contribution in [1.29, 1.82) is 0 Å². The van der Waals surface area contributed by atoms with Crippen LogP contribution in [0.2, 0.25) is 0 Å². The fraction of sp³-hybridized carbons (Fsp3) is 0.333. The Morgan fingerprint density at radius 1 is 1.24 bits per heavy atom. The lowest BCUT2D eigenvalue weighted by atomic mass is 10.0. The van der Waals surface area contributed by atoms with E-state index in [9.17, 15) is 14.4 Å². The monoisotopic (exact) mass is 343 g/mol. The van der Waals surface area contributed by atoms with Crippen molar-refractivity contribution in [3.8, 4) is 0 Å². The second-order valence-electron chi connectivity index (χ2n) is 5.57. The largest absolute Gasteiger partial charge is 0.478 e. The van der Waals surface area contributed by atoms with Crippen molar-refractivity contribution in [2.45, 2.75) is 33.1 Å². The molecule has 0 spiro atoms. The van der Waals surface area contributed by atoms with Gasteiger partial charge in [-0.05, 0) is 42.5 Å². The highest BCUT2D eigenvalue weighted by molar-refractivity contribution is 5.95. The first kappa shape index (κ1) is 18.4. The zero-order chi connectivity index (χ0) is 18.4. The van der Waals surface area contributed by atoms with E-state index >= 15 is 0 Å². The lowest BCUT2D eigenvalue weighted by molar-refractivity contribution is 0.0696. The number of rotatable bonds is 7. The van der Waals surface area contributed by atoms with Crippen molar-refractivity contribution < 1.29 is 14.7 Å². The number of carbonyl (C=O) groups is 2. The molecule has 0 atom stereocenters. The van der Waals surface area contributed by atoms with Gasteiger partial charge in [0.1, 0.15) is 5.56 Å². The third-order valence-corrected chi connectivity index (χ3v) is 3.96. The molecular formula is C18H21N3O4. The maximum absolute atomic E-state index is 12.4. The number of aromatic carboxylic acids is 1. The van der Waals surface area contributed by atoms with Gasteiger partial charge in [0.05, 0.1) is 11.3 Å². The van der Waals surface area contributed by atoms with E-state index in [1.807, 2.05) is 13.8 Å². The first-order valence-corrected chi connectivity index (χ1v) is 8.18. The molecule has 1 amide bonds. The van der Waals surface area contributed by atoms with E-state index in [0.29, 0.717) is 37.1 Å². The van der Waals surface area contributed by atoms with Crippen LogP contribution in [0.4, 0.5) is 0 Å². The number of aryl methyl sites for hydroxylation is 1. The van der Waals surface area contributed by atoms with Gasteiger partial charge in [0.15, 0.2) is 0 Å². The van der Waals surface area contributed by atoms with Crippen LogP contribution in [0.1, 0.15) is 51.4 Å². The van der Waals surface area contributed by atoms with Crippen molar-refractivity contribution in [1.82, 2.24) is 15.5 Å². The minimum absolute atomic E-state index is 0.105. The number of carboxylic acids is 1. The number of nitrogens with zero attached hydrogens (tertiary/aromatic N) is 1. The van der Waals surface area contributed by atoms with E-state index in [2.05, 4.69) is 15.5 Å².